The summed E-state index contributed by atoms with van der Waals surface area (Å²) in [7, 11) is 1.31. The lowest BCUT2D eigenvalue weighted by Crippen LogP contribution is -2.40. The first kappa shape index (κ1) is 23.1. The first-order chi connectivity index (χ1) is 14.0. The van der Waals surface area contributed by atoms with Gasteiger partial charge in [0.1, 0.15) is 11.4 Å². The number of nitrogens with zero attached hydrogens (tertiary/aromatic N) is 1. The van der Waals surface area contributed by atoms with Crippen molar-refractivity contribution in [2.45, 2.75) is 77.8 Å². The first-order valence-electron chi connectivity index (χ1n) is 10.8. The second-order valence-corrected chi connectivity index (χ2v) is 7.55. The molecule has 1 atom stereocenters. The summed E-state index contributed by atoms with van der Waals surface area (Å²) in [4.78, 5) is 28.8. The molecule has 1 fully saturated rings. The van der Waals surface area contributed by atoms with Gasteiger partial charge in [-0.25, -0.2) is 14.6 Å². The summed E-state index contributed by atoms with van der Waals surface area (Å²) in [5.41, 5.74) is 1.04. The number of ether oxygens (including phenoxy) is 2. The summed E-state index contributed by atoms with van der Waals surface area (Å²) >= 11 is 0. The highest BCUT2D eigenvalue weighted by Gasteiger charge is 2.21. The van der Waals surface area contributed by atoms with Crippen LogP contribution < -0.4 is 10.6 Å². The quantitative estimate of drug-likeness (QED) is 0.571. The average molecular weight is 406 g/mol. The number of pyridine rings is 1. The highest BCUT2D eigenvalue weighted by molar-refractivity contribution is 5.99. The minimum absolute atomic E-state index is 0.253. The molecule has 0 aliphatic heterocycles. The minimum Gasteiger partial charge on any atom is -0.465 e. The van der Waals surface area contributed by atoms with Crippen molar-refractivity contribution in [3.05, 3.63) is 22.9 Å². The molecule has 29 heavy (non-hydrogen) atoms. The van der Waals surface area contributed by atoms with Crippen molar-refractivity contribution in [1.82, 2.24) is 10.3 Å². The number of esters is 2. The maximum Gasteiger partial charge on any atom is 0.341 e. The van der Waals surface area contributed by atoms with Gasteiger partial charge in [-0.05, 0) is 45.6 Å². The monoisotopic (exact) mass is 405 g/mol. The molecular weight excluding hydrogens is 370 g/mol. The SMILES string of the molecule is CCOC(=O)c1cc(C(=O)OC)c(C)nc1NCCC(CC)NC1CCCCC1. The van der Waals surface area contributed by atoms with E-state index < -0.39 is 11.9 Å². The summed E-state index contributed by atoms with van der Waals surface area (Å²) in [5, 5.41) is 7.05. The summed E-state index contributed by atoms with van der Waals surface area (Å²) < 4.78 is 9.93. The number of anilines is 1. The van der Waals surface area contributed by atoms with Crippen LogP contribution in [0.1, 0.15) is 85.2 Å². The van der Waals surface area contributed by atoms with E-state index in [1.807, 2.05) is 0 Å². The Morgan fingerprint density at radius 2 is 1.90 bits per heavy atom. The number of nitrogens with one attached hydrogen (secondary N) is 2. The van der Waals surface area contributed by atoms with Crippen LogP contribution >= 0.6 is 0 Å². The fourth-order valence-electron chi connectivity index (χ4n) is 3.79. The number of aromatic nitrogens is 1. The zero-order chi connectivity index (χ0) is 21.2. The summed E-state index contributed by atoms with van der Waals surface area (Å²) in [6, 6.07) is 2.54. The third kappa shape index (κ3) is 6.70. The van der Waals surface area contributed by atoms with Gasteiger partial charge in [0.05, 0.1) is 25.0 Å². The fraction of sp³-hybridized carbons (Fsp3) is 0.682. The van der Waals surface area contributed by atoms with Crippen LogP contribution in [0.5, 0.6) is 0 Å². The van der Waals surface area contributed by atoms with Gasteiger partial charge in [-0.1, -0.05) is 26.2 Å². The standard InChI is InChI=1S/C22H35N3O4/c1-5-16(25-17-10-8-7-9-11-17)12-13-23-20-19(22(27)29-6-2)14-18(15(3)24-20)21(26)28-4/h14,16-17,25H,5-13H2,1-4H3,(H,23,24). The molecule has 0 saturated heterocycles. The van der Waals surface area contributed by atoms with Crippen molar-refractivity contribution < 1.29 is 19.1 Å². The Balaban J connectivity index is 2.06. The third-order valence-electron chi connectivity index (χ3n) is 5.47. The molecule has 162 valence electrons. The van der Waals surface area contributed by atoms with Crippen molar-refractivity contribution in [3.63, 3.8) is 0 Å². The van der Waals surface area contributed by atoms with E-state index in [0.29, 0.717) is 30.1 Å². The van der Waals surface area contributed by atoms with Gasteiger partial charge in [0, 0.05) is 18.6 Å². The number of carbonyl (C=O) groups is 2. The molecule has 1 aliphatic carbocycles. The molecular formula is C22H35N3O4. The van der Waals surface area contributed by atoms with E-state index in [4.69, 9.17) is 9.47 Å². The predicted octanol–water partition coefficient (Wildman–Crippen LogP) is 3.86. The molecule has 0 bridgehead atoms. The normalized spacial score (nSPS) is 15.6. The van der Waals surface area contributed by atoms with Crippen LogP contribution in [0.2, 0.25) is 0 Å². The van der Waals surface area contributed by atoms with Crippen LogP contribution in [0.25, 0.3) is 0 Å². The van der Waals surface area contributed by atoms with Gasteiger partial charge < -0.3 is 20.1 Å². The fourth-order valence-corrected chi connectivity index (χ4v) is 3.79. The van der Waals surface area contributed by atoms with E-state index in [1.165, 1.54) is 45.3 Å². The van der Waals surface area contributed by atoms with Gasteiger partial charge in [-0.3, -0.25) is 0 Å². The Kier molecular flexibility index (Phi) is 9.38. The molecule has 2 rings (SSSR count). The molecule has 7 heteroatoms. The Morgan fingerprint density at radius 3 is 2.52 bits per heavy atom. The number of aryl methyl sites for hydroxylation is 1. The Bertz CT molecular complexity index is 687. The third-order valence-corrected chi connectivity index (χ3v) is 5.47. The highest BCUT2D eigenvalue weighted by Crippen LogP contribution is 2.21. The summed E-state index contributed by atoms with van der Waals surface area (Å²) in [6.07, 6.45) is 8.46. The number of rotatable bonds is 10. The van der Waals surface area contributed by atoms with Crippen molar-refractivity contribution in [2.24, 2.45) is 0 Å². The van der Waals surface area contributed by atoms with Crippen molar-refractivity contribution in [1.29, 1.82) is 0 Å². The topological polar surface area (TPSA) is 89.6 Å². The van der Waals surface area contributed by atoms with E-state index in [1.54, 1.807) is 13.8 Å². The molecule has 0 amide bonds. The Morgan fingerprint density at radius 1 is 1.17 bits per heavy atom. The van der Waals surface area contributed by atoms with Gasteiger partial charge in [-0.2, -0.15) is 0 Å². The number of methoxy groups -OCH3 is 1. The molecule has 0 aromatic carbocycles. The Hall–Kier alpha value is -2.15. The maximum absolute atomic E-state index is 12.4. The molecule has 1 saturated carbocycles. The lowest BCUT2D eigenvalue weighted by molar-refractivity contribution is 0.0527. The largest absolute Gasteiger partial charge is 0.465 e. The van der Waals surface area contributed by atoms with Gasteiger partial charge in [0.2, 0.25) is 0 Å². The van der Waals surface area contributed by atoms with E-state index in [-0.39, 0.29) is 17.7 Å². The zero-order valence-corrected chi connectivity index (χ0v) is 18.2. The molecule has 0 spiro atoms. The van der Waals surface area contributed by atoms with Gasteiger partial charge >= 0.3 is 11.9 Å². The molecule has 1 heterocycles. The van der Waals surface area contributed by atoms with E-state index >= 15 is 0 Å². The highest BCUT2D eigenvalue weighted by atomic mass is 16.5. The van der Waals surface area contributed by atoms with Crippen LogP contribution in [0, 0.1) is 6.92 Å². The van der Waals surface area contributed by atoms with Crippen LogP contribution in [0.4, 0.5) is 5.82 Å². The second-order valence-electron chi connectivity index (χ2n) is 7.55. The maximum atomic E-state index is 12.4. The number of carbonyl (C=O) groups excluding carboxylic acids is 2. The molecule has 1 aromatic rings. The van der Waals surface area contributed by atoms with Crippen LogP contribution in [0.3, 0.4) is 0 Å². The molecule has 1 unspecified atom stereocenters. The second kappa shape index (κ2) is 11.8. The molecule has 7 nitrogen and oxygen atoms in total. The minimum atomic E-state index is -0.519. The van der Waals surface area contributed by atoms with Crippen molar-refractivity contribution in [3.8, 4) is 0 Å². The van der Waals surface area contributed by atoms with Crippen molar-refractivity contribution in [2.75, 3.05) is 25.6 Å². The van der Waals surface area contributed by atoms with Crippen LogP contribution in [-0.4, -0.2) is 49.3 Å². The van der Waals surface area contributed by atoms with Gasteiger partial charge in [-0.15, -0.1) is 0 Å². The van der Waals surface area contributed by atoms with E-state index in [9.17, 15) is 9.59 Å². The Labute approximate surface area is 173 Å². The molecule has 0 radical (unpaired) electrons. The molecule has 1 aromatic heterocycles. The van der Waals surface area contributed by atoms with Crippen LogP contribution in [-0.2, 0) is 9.47 Å². The van der Waals surface area contributed by atoms with Gasteiger partial charge in [0.25, 0.3) is 0 Å². The van der Waals surface area contributed by atoms with Crippen molar-refractivity contribution >= 4 is 17.8 Å². The zero-order valence-electron chi connectivity index (χ0n) is 18.2. The molecule has 1 aliphatic rings. The number of hydrogen-bond acceptors (Lipinski definition) is 7. The average Bonchev–Trinajstić information content (AvgIpc) is 2.73. The number of hydrogen-bond donors (Lipinski definition) is 2. The van der Waals surface area contributed by atoms with Gasteiger partial charge in [0.15, 0.2) is 0 Å². The summed E-state index contributed by atoms with van der Waals surface area (Å²) in [5.74, 6) is -0.573. The van der Waals surface area contributed by atoms with E-state index in [0.717, 1.165) is 12.8 Å². The smallest absolute Gasteiger partial charge is 0.341 e. The first-order valence-corrected chi connectivity index (χ1v) is 10.8. The summed E-state index contributed by atoms with van der Waals surface area (Å²) in [6.45, 7) is 6.60. The van der Waals surface area contributed by atoms with Crippen LogP contribution in [0.15, 0.2) is 6.07 Å². The lowest BCUT2D eigenvalue weighted by Gasteiger charge is -2.28. The lowest BCUT2D eigenvalue weighted by atomic mass is 9.94. The van der Waals surface area contributed by atoms with E-state index in [2.05, 4.69) is 22.5 Å². The molecule has 2 N–H and O–H groups in total. The predicted molar refractivity (Wildman–Crippen MR) is 113 cm³/mol.